The molecule has 0 radical (unpaired) electrons. The van der Waals surface area contributed by atoms with Crippen molar-refractivity contribution < 1.29 is 24.0 Å². The zero-order chi connectivity index (χ0) is 20.5. The molecule has 0 bridgehead atoms. The van der Waals surface area contributed by atoms with Gasteiger partial charge in [-0.3, -0.25) is 30.0 Å². The molecule has 2 aliphatic rings. The molecule has 1 atom stereocenters. The second kappa shape index (κ2) is 7.15. The maximum atomic E-state index is 12.4. The number of carbonyl (C=O) groups is 3. The minimum absolute atomic E-state index is 0.0609. The van der Waals surface area contributed by atoms with Crippen molar-refractivity contribution in [3.8, 4) is 0 Å². The molecular weight excluding hydrogens is 380 g/mol. The van der Waals surface area contributed by atoms with Gasteiger partial charge in [-0.2, -0.15) is 5.10 Å². The van der Waals surface area contributed by atoms with Crippen molar-refractivity contribution in [3.05, 3.63) is 69.8 Å². The van der Waals surface area contributed by atoms with Crippen LogP contribution in [-0.4, -0.2) is 46.0 Å². The summed E-state index contributed by atoms with van der Waals surface area (Å²) in [5.74, 6) is -1.49. The number of ether oxygens (including phenoxy) is 1. The summed E-state index contributed by atoms with van der Waals surface area (Å²) in [5.41, 5.74) is 3.80. The Morgan fingerprint density at radius 1 is 1.07 bits per heavy atom. The van der Waals surface area contributed by atoms with Crippen LogP contribution in [0, 0.1) is 10.1 Å². The number of carbonyl (C=O) groups excluding carboxylic acids is 3. The number of hydrogen-bond acceptors (Lipinski definition) is 8. The lowest BCUT2D eigenvalue weighted by Crippen LogP contribution is -2.36. The molecule has 10 nitrogen and oxygen atoms in total. The summed E-state index contributed by atoms with van der Waals surface area (Å²) in [7, 11) is 0. The Kier molecular flexibility index (Phi) is 4.51. The van der Waals surface area contributed by atoms with Crippen molar-refractivity contribution >= 4 is 34.9 Å². The maximum Gasteiger partial charge on any atom is 0.354 e. The molecule has 2 aliphatic heterocycles. The molecule has 0 aromatic heterocycles. The second-order valence-corrected chi connectivity index (χ2v) is 6.47. The van der Waals surface area contributed by atoms with E-state index in [0.29, 0.717) is 16.8 Å². The molecule has 4 rings (SSSR count). The Bertz CT molecular complexity index is 1030. The van der Waals surface area contributed by atoms with Gasteiger partial charge < -0.3 is 4.74 Å². The lowest BCUT2D eigenvalue weighted by atomic mass is 10.1. The van der Waals surface area contributed by atoms with Crippen LogP contribution in [0.4, 0.5) is 11.4 Å². The molecule has 1 fully saturated rings. The molecule has 10 heteroatoms. The summed E-state index contributed by atoms with van der Waals surface area (Å²) in [6.07, 6.45) is -0.575. The van der Waals surface area contributed by atoms with E-state index in [-0.39, 0.29) is 24.4 Å². The maximum absolute atomic E-state index is 12.4. The molecule has 146 valence electrons. The van der Waals surface area contributed by atoms with E-state index in [1.54, 1.807) is 24.3 Å². The summed E-state index contributed by atoms with van der Waals surface area (Å²) < 4.78 is 5.23. The number of nitro groups is 1. The smallest absolute Gasteiger partial charge is 0.354 e. The van der Waals surface area contributed by atoms with Crippen LogP contribution in [0.15, 0.2) is 53.6 Å². The van der Waals surface area contributed by atoms with Gasteiger partial charge in [0.05, 0.1) is 28.3 Å². The van der Waals surface area contributed by atoms with E-state index in [4.69, 9.17) is 4.74 Å². The monoisotopic (exact) mass is 394 g/mol. The SMILES string of the molecule is O=C1OC(CN2C(=O)c3ccccc3C2=O)CC1=NNc1ccc([N+](=O)[O-])cc1. The van der Waals surface area contributed by atoms with Crippen molar-refractivity contribution in [1.29, 1.82) is 0 Å². The van der Waals surface area contributed by atoms with Crippen LogP contribution in [0.2, 0.25) is 0 Å². The lowest BCUT2D eigenvalue weighted by Gasteiger charge is -2.17. The van der Waals surface area contributed by atoms with Crippen LogP contribution < -0.4 is 5.43 Å². The van der Waals surface area contributed by atoms with E-state index in [1.807, 2.05) is 0 Å². The number of amides is 2. The molecule has 0 aliphatic carbocycles. The first kappa shape index (κ1) is 18.3. The van der Waals surface area contributed by atoms with Gasteiger partial charge in [0.1, 0.15) is 11.8 Å². The van der Waals surface area contributed by atoms with Gasteiger partial charge in [-0.05, 0) is 24.3 Å². The van der Waals surface area contributed by atoms with Crippen LogP contribution in [0.3, 0.4) is 0 Å². The fourth-order valence-corrected chi connectivity index (χ4v) is 3.15. The fourth-order valence-electron chi connectivity index (χ4n) is 3.15. The number of benzene rings is 2. The van der Waals surface area contributed by atoms with E-state index in [1.165, 1.54) is 24.3 Å². The first-order valence-electron chi connectivity index (χ1n) is 8.67. The molecule has 0 saturated carbocycles. The van der Waals surface area contributed by atoms with Gasteiger partial charge in [0, 0.05) is 18.6 Å². The highest BCUT2D eigenvalue weighted by molar-refractivity contribution is 6.38. The highest BCUT2D eigenvalue weighted by Gasteiger charge is 2.40. The highest BCUT2D eigenvalue weighted by Crippen LogP contribution is 2.25. The largest absolute Gasteiger partial charge is 0.456 e. The summed E-state index contributed by atoms with van der Waals surface area (Å²) in [4.78, 5) is 48.1. The molecule has 2 heterocycles. The summed E-state index contributed by atoms with van der Waals surface area (Å²) in [6, 6.07) is 12.0. The van der Waals surface area contributed by atoms with E-state index < -0.39 is 28.8 Å². The van der Waals surface area contributed by atoms with E-state index >= 15 is 0 Å². The third-order valence-corrected chi connectivity index (χ3v) is 4.59. The Labute approximate surface area is 163 Å². The van der Waals surface area contributed by atoms with E-state index in [9.17, 15) is 24.5 Å². The summed E-state index contributed by atoms with van der Waals surface area (Å²) in [5, 5.41) is 14.6. The fraction of sp³-hybridized carbons (Fsp3) is 0.158. The molecule has 0 spiro atoms. The molecule has 2 aromatic rings. The van der Waals surface area contributed by atoms with Gasteiger partial charge in [0.15, 0.2) is 0 Å². The molecule has 1 N–H and O–H groups in total. The van der Waals surface area contributed by atoms with Gasteiger partial charge in [-0.1, -0.05) is 12.1 Å². The minimum Gasteiger partial charge on any atom is -0.456 e. The van der Waals surface area contributed by atoms with Crippen LogP contribution in [0.1, 0.15) is 27.1 Å². The Morgan fingerprint density at radius 2 is 1.69 bits per heavy atom. The van der Waals surface area contributed by atoms with Gasteiger partial charge in [0.2, 0.25) is 0 Å². The number of anilines is 1. The average Bonchev–Trinajstić information content (AvgIpc) is 3.19. The standard InChI is InChI=1S/C19H14N4O6/c24-17-14-3-1-2-4-15(14)18(25)22(17)10-13-9-16(19(26)29-13)21-20-11-5-7-12(8-6-11)23(27)28/h1-8,13,20H,9-10H2. The van der Waals surface area contributed by atoms with Crippen molar-refractivity contribution in [3.63, 3.8) is 0 Å². The third-order valence-electron chi connectivity index (χ3n) is 4.59. The number of esters is 1. The second-order valence-electron chi connectivity index (χ2n) is 6.47. The van der Waals surface area contributed by atoms with Gasteiger partial charge >= 0.3 is 5.97 Å². The van der Waals surface area contributed by atoms with Crippen LogP contribution >= 0.6 is 0 Å². The minimum atomic E-state index is -0.692. The zero-order valence-corrected chi connectivity index (χ0v) is 14.9. The number of hydrogen-bond donors (Lipinski definition) is 1. The van der Waals surface area contributed by atoms with Crippen LogP contribution in [0.5, 0.6) is 0 Å². The molecular formula is C19H14N4O6. The number of fused-ring (bicyclic) bond motifs is 1. The predicted molar refractivity (Wildman–Crippen MR) is 100 cm³/mol. The topological polar surface area (TPSA) is 131 Å². The van der Waals surface area contributed by atoms with Crippen molar-refractivity contribution in [2.75, 3.05) is 12.0 Å². The highest BCUT2D eigenvalue weighted by atomic mass is 16.6. The van der Waals surface area contributed by atoms with Crippen LogP contribution in [-0.2, 0) is 9.53 Å². The number of imide groups is 1. The molecule has 29 heavy (non-hydrogen) atoms. The Morgan fingerprint density at radius 3 is 2.28 bits per heavy atom. The third kappa shape index (κ3) is 3.43. The van der Waals surface area contributed by atoms with Crippen LogP contribution in [0.25, 0.3) is 0 Å². The number of nitrogens with one attached hydrogen (secondary N) is 1. The number of nitrogens with zero attached hydrogens (tertiary/aromatic N) is 3. The molecule has 1 saturated heterocycles. The van der Waals surface area contributed by atoms with E-state index in [2.05, 4.69) is 10.5 Å². The normalized spacial score (nSPS) is 19.4. The predicted octanol–water partition coefficient (Wildman–Crippen LogP) is 1.97. The van der Waals surface area contributed by atoms with Gasteiger partial charge in [-0.25, -0.2) is 4.79 Å². The summed E-state index contributed by atoms with van der Waals surface area (Å²) in [6.45, 7) is -0.0609. The quantitative estimate of drug-likeness (QED) is 0.355. The molecule has 2 aromatic carbocycles. The first-order chi connectivity index (χ1) is 13.9. The first-order valence-corrected chi connectivity index (χ1v) is 8.67. The van der Waals surface area contributed by atoms with Gasteiger partial charge in [0.25, 0.3) is 17.5 Å². The Hall–Kier alpha value is -4.08. The number of non-ortho nitro benzene ring substituents is 1. The van der Waals surface area contributed by atoms with Crippen molar-refractivity contribution in [1.82, 2.24) is 4.90 Å². The van der Waals surface area contributed by atoms with Gasteiger partial charge in [-0.15, -0.1) is 0 Å². The number of cyclic esters (lactones) is 1. The average molecular weight is 394 g/mol. The molecule has 1 unspecified atom stereocenters. The Balaban J connectivity index is 1.41. The van der Waals surface area contributed by atoms with Crippen molar-refractivity contribution in [2.24, 2.45) is 5.10 Å². The zero-order valence-electron chi connectivity index (χ0n) is 14.9. The van der Waals surface area contributed by atoms with E-state index in [0.717, 1.165) is 4.90 Å². The number of rotatable bonds is 5. The number of hydrazone groups is 1. The number of nitro benzene ring substituents is 1. The summed E-state index contributed by atoms with van der Waals surface area (Å²) >= 11 is 0. The lowest BCUT2D eigenvalue weighted by molar-refractivity contribution is -0.384. The van der Waals surface area contributed by atoms with Crippen molar-refractivity contribution in [2.45, 2.75) is 12.5 Å². The molecule has 2 amide bonds.